The Balaban J connectivity index is 1.64. The summed E-state index contributed by atoms with van der Waals surface area (Å²) in [5.74, 6) is 1.13. The number of para-hydroxylation sites is 1. The Morgan fingerprint density at radius 1 is 1.12 bits per heavy atom. The third-order valence-corrected chi connectivity index (χ3v) is 4.57. The summed E-state index contributed by atoms with van der Waals surface area (Å²) in [6.07, 6.45) is 0. The van der Waals surface area contributed by atoms with E-state index in [1.54, 1.807) is 49.6 Å². The molecule has 134 valence electrons. The van der Waals surface area contributed by atoms with Gasteiger partial charge >= 0.3 is 5.97 Å². The predicted octanol–water partition coefficient (Wildman–Crippen LogP) is 4.57. The third-order valence-electron chi connectivity index (χ3n) is 3.64. The molecule has 0 aliphatic heterocycles. The molecule has 0 unspecified atom stereocenters. The van der Waals surface area contributed by atoms with E-state index in [4.69, 9.17) is 14.2 Å². The maximum atomic E-state index is 11.6. The molecule has 3 aromatic rings. The molecule has 0 aliphatic rings. The maximum Gasteiger partial charge on any atom is 0.338 e. The van der Waals surface area contributed by atoms with Crippen LogP contribution < -0.4 is 9.47 Å². The smallest absolute Gasteiger partial charge is 0.338 e. The lowest BCUT2D eigenvalue weighted by Gasteiger charge is -2.06. The van der Waals surface area contributed by atoms with Crippen molar-refractivity contribution in [3.63, 3.8) is 0 Å². The molecule has 6 heteroatoms. The largest absolute Gasteiger partial charge is 0.496 e. The highest BCUT2D eigenvalue weighted by molar-refractivity contribution is 7.13. The first-order valence-corrected chi connectivity index (χ1v) is 9.07. The fraction of sp³-hybridized carbons (Fsp3) is 0.200. The van der Waals surface area contributed by atoms with Crippen molar-refractivity contribution in [3.8, 4) is 22.1 Å². The number of methoxy groups -OCH3 is 1. The number of aromatic nitrogens is 1. The molecule has 0 amide bonds. The molecular formula is C20H19NO4S. The number of hydrogen-bond donors (Lipinski definition) is 0. The average molecular weight is 369 g/mol. The maximum absolute atomic E-state index is 11.6. The van der Waals surface area contributed by atoms with Crippen LogP contribution in [0.5, 0.6) is 11.5 Å². The van der Waals surface area contributed by atoms with Crippen molar-refractivity contribution in [2.75, 3.05) is 13.7 Å². The zero-order valence-corrected chi connectivity index (χ0v) is 15.4. The molecule has 0 saturated carbocycles. The molecule has 1 heterocycles. The molecule has 1 aromatic heterocycles. The molecule has 0 aliphatic carbocycles. The first-order valence-electron chi connectivity index (χ1n) is 8.19. The van der Waals surface area contributed by atoms with Gasteiger partial charge in [0.2, 0.25) is 0 Å². The van der Waals surface area contributed by atoms with Gasteiger partial charge in [-0.25, -0.2) is 9.78 Å². The van der Waals surface area contributed by atoms with Gasteiger partial charge in [-0.05, 0) is 43.3 Å². The van der Waals surface area contributed by atoms with E-state index in [2.05, 4.69) is 4.98 Å². The molecule has 0 bridgehead atoms. The minimum Gasteiger partial charge on any atom is -0.496 e. The SMILES string of the molecule is CCOC(=O)c1ccc(OCc2csc(-c3ccccc3OC)n2)cc1. The van der Waals surface area contributed by atoms with Gasteiger partial charge in [-0.15, -0.1) is 11.3 Å². The number of thiazole rings is 1. The predicted molar refractivity (Wildman–Crippen MR) is 101 cm³/mol. The Morgan fingerprint density at radius 2 is 1.88 bits per heavy atom. The first kappa shape index (κ1) is 17.9. The lowest BCUT2D eigenvalue weighted by atomic mass is 10.2. The highest BCUT2D eigenvalue weighted by atomic mass is 32.1. The minimum absolute atomic E-state index is 0.333. The Bertz CT molecular complexity index is 874. The van der Waals surface area contributed by atoms with Crippen LogP contribution in [0.1, 0.15) is 23.0 Å². The molecule has 2 aromatic carbocycles. The van der Waals surface area contributed by atoms with Gasteiger partial charge in [0.05, 0.1) is 30.5 Å². The summed E-state index contributed by atoms with van der Waals surface area (Å²) in [6.45, 7) is 2.49. The standard InChI is InChI=1S/C20H19NO4S/c1-3-24-20(22)14-8-10-16(11-9-14)25-12-15-13-26-19(21-15)17-6-4-5-7-18(17)23-2/h4-11,13H,3,12H2,1-2H3. The normalized spacial score (nSPS) is 10.4. The topological polar surface area (TPSA) is 57.7 Å². The zero-order chi connectivity index (χ0) is 18.4. The third kappa shape index (κ3) is 4.21. The minimum atomic E-state index is -0.333. The molecule has 0 atom stereocenters. The number of nitrogens with zero attached hydrogens (tertiary/aromatic N) is 1. The number of carbonyl (C=O) groups excluding carboxylic acids is 1. The average Bonchev–Trinajstić information content (AvgIpc) is 3.16. The molecule has 0 N–H and O–H groups in total. The van der Waals surface area contributed by atoms with Crippen molar-refractivity contribution >= 4 is 17.3 Å². The van der Waals surface area contributed by atoms with Crippen LogP contribution in [-0.4, -0.2) is 24.7 Å². The molecule has 0 radical (unpaired) electrons. The fourth-order valence-corrected chi connectivity index (χ4v) is 3.21. The Labute approximate surface area is 156 Å². The summed E-state index contributed by atoms with van der Waals surface area (Å²) >= 11 is 1.55. The summed E-state index contributed by atoms with van der Waals surface area (Å²) in [6, 6.07) is 14.7. The van der Waals surface area contributed by atoms with Gasteiger partial charge in [-0.3, -0.25) is 0 Å². The summed E-state index contributed by atoms with van der Waals surface area (Å²) in [4.78, 5) is 16.3. The Kier molecular flexibility index (Phi) is 5.86. The van der Waals surface area contributed by atoms with E-state index in [0.29, 0.717) is 24.5 Å². The van der Waals surface area contributed by atoms with Crippen LogP contribution in [0.4, 0.5) is 0 Å². The van der Waals surface area contributed by atoms with E-state index in [0.717, 1.165) is 22.0 Å². The van der Waals surface area contributed by atoms with Crippen LogP contribution in [0, 0.1) is 0 Å². The monoisotopic (exact) mass is 369 g/mol. The van der Waals surface area contributed by atoms with Crippen LogP contribution >= 0.6 is 11.3 Å². The number of carbonyl (C=O) groups is 1. The Morgan fingerprint density at radius 3 is 2.62 bits per heavy atom. The second-order valence-electron chi connectivity index (χ2n) is 5.38. The highest BCUT2D eigenvalue weighted by Crippen LogP contribution is 2.32. The van der Waals surface area contributed by atoms with Gasteiger partial charge in [-0.2, -0.15) is 0 Å². The van der Waals surface area contributed by atoms with Crippen molar-refractivity contribution < 1.29 is 19.0 Å². The van der Waals surface area contributed by atoms with E-state index in [1.807, 2.05) is 29.6 Å². The second-order valence-corrected chi connectivity index (χ2v) is 6.24. The second kappa shape index (κ2) is 8.49. The van der Waals surface area contributed by atoms with Crippen molar-refractivity contribution in [3.05, 3.63) is 65.2 Å². The van der Waals surface area contributed by atoms with E-state index < -0.39 is 0 Å². The summed E-state index contributed by atoms with van der Waals surface area (Å²) in [5, 5.41) is 2.85. The molecule has 0 spiro atoms. The number of hydrogen-bond acceptors (Lipinski definition) is 6. The van der Waals surface area contributed by atoms with Gasteiger partial charge in [0.25, 0.3) is 0 Å². The number of benzene rings is 2. The molecule has 0 fully saturated rings. The van der Waals surface area contributed by atoms with Crippen molar-refractivity contribution in [1.29, 1.82) is 0 Å². The lowest BCUT2D eigenvalue weighted by molar-refractivity contribution is 0.0526. The molecular weight excluding hydrogens is 350 g/mol. The van der Waals surface area contributed by atoms with E-state index in [-0.39, 0.29) is 5.97 Å². The number of ether oxygens (including phenoxy) is 3. The van der Waals surface area contributed by atoms with Crippen LogP contribution in [0.3, 0.4) is 0 Å². The summed E-state index contributed by atoms with van der Waals surface area (Å²) < 4.78 is 16.1. The van der Waals surface area contributed by atoms with Crippen molar-refractivity contribution in [1.82, 2.24) is 4.98 Å². The summed E-state index contributed by atoms with van der Waals surface area (Å²) in [5.41, 5.74) is 2.31. The number of esters is 1. The van der Waals surface area contributed by atoms with E-state index >= 15 is 0 Å². The van der Waals surface area contributed by atoms with Crippen LogP contribution in [-0.2, 0) is 11.3 Å². The Hall–Kier alpha value is -2.86. The van der Waals surface area contributed by atoms with E-state index in [9.17, 15) is 4.79 Å². The fourth-order valence-electron chi connectivity index (χ4n) is 2.38. The molecule has 26 heavy (non-hydrogen) atoms. The number of rotatable bonds is 7. The quantitative estimate of drug-likeness (QED) is 0.571. The van der Waals surface area contributed by atoms with Crippen molar-refractivity contribution in [2.45, 2.75) is 13.5 Å². The lowest BCUT2D eigenvalue weighted by Crippen LogP contribution is -2.04. The van der Waals surface area contributed by atoms with Gasteiger partial charge in [0.15, 0.2) is 0 Å². The first-order chi connectivity index (χ1) is 12.7. The van der Waals surface area contributed by atoms with Gasteiger partial charge in [0.1, 0.15) is 23.1 Å². The van der Waals surface area contributed by atoms with E-state index in [1.165, 1.54) is 0 Å². The molecule has 3 rings (SSSR count). The van der Waals surface area contributed by atoms with Crippen molar-refractivity contribution in [2.24, 2.45) is 0 Å². The van der Waals surface area contributed by atoms with Crippen LogP contribution in [0.25, 0.3) is 10.6 Å². The van der Waals surface area contributed by atoms with Crippen LogP contribution in [0.2, 0.25) is 0 Å². The van der Waals surface area contributed by atoms with Crippen LogP contribution in [0.15, 0.2) is 53.9 Å². The highest BCUT2D eigenvalue weighted by Gasteiger charge is 2.10. The zero-order valence-electron chi connectivity index (χ0n) is 14.6. The molecule has 0 saturated heterocycles. The van der Waals surface area contributed by atoms with Gasteiger partial charge in [0, 0.05) is 5.38 Å². The molecule has 5 nitrogen and oxygen atoms in total. The summed E-state index contributed by atoms with van der Waals surface area (Å²) in [7, 11) is 1.65. The van der Waals surface area contributed by atoms with Gasteiger partial charge < -0.3 is 14.2 Å². The van der Waals surface area contributed by atoms with Gasteiger partial charge in [-0.1, -0.05) is 12.1 Å².